The molecule has 0 N–H and O–H groups in total. The summed E-state index contributed by atoms with van der Waals surface area (Å²) in [5.74, 6) is 0. The summed E-state index contributed by atoms with van der Waals surface area (Å²) in [5, 5.41) is 0. The monoisotopic (exact) mass is 194 g/mol. The SMILES string of the molecule is CCCO[CH2][Sb]. The first-order chi connectivity index (χ1) is 2.91. The van der Waals surface area contributed by atoms with Crippen molar-refractivity contribution >= 4 is 23.0 Å². The number of ether oxygens (including phenoxy) is 1. The van der Waals surface area contributed by atoms with Crippen LogP contribution in [0.3, 0.4) is 0 Å². The molecule has 2 radical (unpaired) electrons. The van der Waals surface area contributed by atoms with Gasteiger partial charge >= 0.3 is 52.3 Å². The van der Waals surface area contributed by atoms with Gasteiger partial charge in [0.25, 0.3) is 0 Å². The Morgan fingerprint density at radius 2 is 2.33 bits per heavy atom. The summed E-state index contributed by atoms with van der Waals surface area (Å²) in [7, 11) is 0. The normalized spacial score (nSPS) is 9.00. The molecule has 0 spiro atoms. The van der Waals surface area contributed by atoms with Gasteiger partial charge in [-0.3, -0.25) is 0 Å². The van der Waals surface area contributed by atoms with Crippen LogP contribution < -0.4 is 0 Å². The van der Waals surface area contributed by atoms with Gasteiger partial charge in [-0.15, -0.1) is 0 Å². The first-order valence-corrected chi connectivity index (χ1v) is 3.91. The molecule has 36 valence electrons. The summed E-state index contributed by atoms with van der Waals surface area (Å²) in [4.78, 5) is 0. The van der Waals surface area contributed by atoms with Crippen LogP contribution >= 0.6 is 0 Å². The second kappa shape index (κ2) is 5.78. The van der Waals surface area contributed by atoms with Crippen molar-refractivity contribution in [2.75, 3.05) is 11.2 Å². The molecule has 0 aliphatic rings. The summed E-state index contributed by atoms with van der Waals surface area (Å²) in [6.07, 6.45) is 1.14. The quantitative estimate of drug-likeness (QED) is 0.471. The van der Waals surface area contributed by atoms with E-state index in [0.29, 0.717) is 0 Å². The van der Waals surface area contributed by atoms with Gasteiger partial charge in [0.2, 0.25) is 0 Å². The fourth-order valence-corrected chi connectivity index (χ4v) is 0.577. The number of rotatable bonds is 3. The maximum absolute atomic E-state index is 5.00. The second-order valence-electron chi connectivity index (χ2n) is 1.04. The van der Waals surface area contributed by atoms with Crippen molar-refractivity contribution in [3.63, 3.8) is 0 Å². The van der Waals surface area contributed by atoms with Crippen LogP contribution in [-0.4, -0.2) is 34.2 Å². The van der Waals surface area contributed by atoms with E-state index in [9.17, 15) is 0 Å². The standard InChI is InChI=1S/C4H9O.Sb/c1-3-4-5-2;/h2-4H2,1H3;. The Morgan fingerprint density at radius 3 is 2.50 bits per heavy atom. The van der Waals surface area contributed by atoms with Crippen LogP contribution in [0, 0.1) is 0 Å². The van der Waals surface area contributed by atoms with Crippen LogP contribution in [0.4, 0.5) is 0 Å². The zero-order valence-electron chi connectivity index (χ0n) is 3.98. The van der Waals surface area contributed by atoms with Crippen LogP contribution in [0.15, 0.2) is 0 Å². The third-order valence-electron chi connectivity index (χ3n) is 0.440. The van der Waals surface area contributed by atoms with Crippen molar-refractivity contribution in [3.8, 4) is 0 Å². The van der Waals surface area contributed by atoms with E-state index >= 15 is 0 Å². The maximum atomic E-state index is 5.00. The van der Waals surface area contributed by atoms with E-state index < -0.39 is 0 Å². The van der Waals surface area contributed by atoms with Gasteiger partial charge in [-0.05, 0) is 0 Å². The summed E-state index contributed by atoms with van der Waals surface area (Å²) in [6, 6.07) is 0. The van der Waals surface area contributed by atoms with E-state index in [1.165, 1.54) is 0 Å². The van der Waals surface area contributed by atoms with E-state index in [4.69, 9.17) is 4.74 Å². The van der Waals surface area contributed by atoms with Crippen LogP contribution in [-0.2, 0) is 4.74 Å². The molecule has 0 aromatic heterocycles. The second-order valence-corrected chi connectivity index (χ2v) is 1.77. The molecule has 2 heteroatoms. The van der Waals surface area contributed by atoms with Gasteiger partial charge in [0, 0.05) is 0 Å². The molecule has 0 aliphatic heterocycles. The third kappa shape index (κ3) is 4.78. The topological polar surface area (TPSA) is 9.23 Å². The first-order valence-electron chi connectivity index (χ1n) is 2.10. The molecule has 0 rings (SSSR count). The third-order valence-corrected chi connectivity index (χ3v) is 0.961. The van der Waals surface area contributed by atoms with Crippen molar-refractivity contribution in [2.24, 2.45) is 0 Å². The fraction of sp³-hybridized carbons (Fsp3) is 1.00. The molecule has 0 amide bonds. The van der Waals surface area contributed by atoms with Gasteiger partial charge in [-0.2, -0.15) is 0 Å². The Balaban J connectivity index is 2.34. The van der Waals surface area contributed by atoms with Gasteiger partial charge in [0.05, 0.1) is 0 Å². The Hall–Kier alpha value is 0.778. The van der Waals surface area contributed by atoms with Crippen molar-refractivity contribution in [1.82, 2.24) is 0 Å². The van der Waals surface area contributed by atoms with Crippen LogP contribution in [0.25, 0.3) is 0 Å². The van der Waals surface area contributed by atoms with E-state index in [1.54, 1.807) is 23.0 Å². The minimum atomic E-state index is 0.905. The predicted molar refractivity (Wildman–Crippen MR) is 26.9 cm³/mol. The summed E-state index contributed by atoms with van der Waals surface area (Å²) in [6.45, 7) is 3.04. The zero-order valence-corrected chi connectivity index (χ0v) is 6.53. The van der Waals surface area contributed by atoms with Crippen molar-refractivity contribution in [3.05, 3.63) is 0 Å². The van der Waals surface area contributed by atoms with Crippen LogP contribution in [0.2, 0.25) is 0 Å². The minimum absolute atomic E-state index is 0.905. The van der Waals surface area contributed by atoms with E-state index in [0.717, 1.165) is 17.6 Å². The molecule has 0 saturated carbocycles. The average molecular weight is 195 g/mol. The molecule has 1 nitrogen and oxygen atoms in total. The van der Waals surface area contributed by atoms with Crippen LogP contribution in [0.1, 0.15) is 13.3 Å². The summed E-state index contributed by atoms with van der Waals surface area (Å²) < 4.78 is 5.91. The Kier molecular flexibility index (Phi) is 6.53. The van der Waals surface area contributed by atoms with E-state index in [1.807, 2.05) is 0 Å². The summed E-state index contributed by atoms with van der Waals surface area (Å²) in [5.41, 5.74) is 0. The first kappa shape index (κ1) is 6.78. The zero-order chi connectivity index (χ0) is 4.83. The molecule has 0 aromatic rings. The van der Waals surface area contributed by atoms with Crippen molar-refractivity contribution in [2.45, 2.75) is 13.3 Å². The van der Waals surface area contributed by atoms with Gasteiger partial charge in [-0.25, -0.2) is 0 Å². The van der Waals surface area contributed by atoms with Gasteiger partial charge in [-0.1, -0.05) is 0 Å². The average Bonchev–Trinajstić information content (AvgIpc) is 1.61. The van der Waals surface area contributed by atoms with Crippen molar-refractivity contribution < 1.29 is 4.74 Å². The van der Waals surface area contributed by atoms with Gasteiger partial charge in [0.1, 0.15) is 0 Å². The van der Waals surface area contributed by atoms with E-state index in [2.05, 4.69) is 6.92 Å². The Labute approximate surface area is 52.6 Å². The molecule has 0 aromatic carbocycles. The molecule has 0 fully saturated rings. The molecule has 0 saturated heterocycles. The molecule has 0 unspecified atom stereocenters. The molecular weight excluding hydrogens is 186 g/mol. The van der Waals surface area contributed by atoms with Crippen LogP contribution in [0.5, 0.6) is 0 Å². The van der Waals surface area contributed by atoms with Gasteiger partial charge in [0.15, 0.2) is 0 Å². The molecule has 0 heterocycles. The molecule has 0 aliphatic carbocycles. The molecule has 0 atom stereocenters. The molecule has 6 heavy (non-hydrogen) atoms. The van der Waals surface area contributed by atoms with E-state index in [-0.39, 0.29) is 0 Å². The Bertz CT molecular complexity index is 19.5. The number of hydrogen-bond acceptors (Lipinski definition) is 1. The number of hydrogen-bond donors (Lipinski definition) is 0. The fourth-order valence-electron chi connectivity index (χ4n) is 0.209. The Morgan fingerprint density at radius 1 is 1.67 bits per heavy atom. The predicted octanol–water partition coefficient (Wildman–Crippen LogP) is 0.539. The molecule has 0 bridgehead atoms. The summed E-state index contributed by atoms with van der Waals surface area (Å²) >= 11 is 1.71. The van der Waals surface area contributed by atoms with Gasteiger partial charge < -0.3 is 0 Å². The van der Waals surface area contributed by atoms with Crippen molar-refractivity contribution in [1.29, 1.82) is 0 Å². The molecular formula is C4H9OSb.